The number of para-hydroxylation sites is 2. The highest BCUT2D eigenvalue weighted by atomic mass is 32.3. The molecule has 3 heterocycles. The van der Waals surface area contributed by atoms with Crippen LogP contribution in [0.1, 0.15) is 0 Å². The largest absolute Gasteiger partial charge is 0.466 e. The van der Waals surface area contributed by atoms with Crippen LogP contribution >= 0.6 is 0 Å². The molecule has 2 aromatic carbocycles. The molecule has 0 unspecified atom stereocenters. The molecule has 0 amide bonds. The number of hydrogen-bond donors (Lipinski definition) is 2. The van der Waals surface area contributed by atoms with Gasteiger partial charge in [-0.2, -0.15) is 16.8 Å². The van der Waals surface area contributed by atoms with E-state index in [2.05, 4.69) is 13.6 Å². The van der Waals surface area contributed by atoms with Gasteiger partial charge in [0.15, 0.2) is 11.5 Å². The summed E-state index contributed by atoms with van der Waals surface area (Å²) < 4.78 is 62.6. The van der Waals surface area contributed by atoms with Crippen molar-refractivity contribution in [2.45, 2.75) is 0 Å². The molecule has 1 aliphatic rings. The van der Waals surface area contributed by atoms with E-state index in [1.807, 2.05) is 0 Å². The van der Waals surface area contributed by atoms with Crippen molar-refractivity contribution in [3.8, 4) is 22.9 Å². The molecule has 4 aromatic rings. The third-order valence-corrected chi connectivity index (χ3v) is 6.18. The van der Waals surface area contributed by atoms with Crippen molar-refractivity contribution >= 4 is 42.6 Å². The van der Waals surface area contributed by atoms with Gasteiger partial charge in [-0.25, -0.2) is 0 Å². The number of aromatic amines is 2. The lowest BCUT2D eigenvalue weighted by atomic mass is 10.2. The highest BCUT2D eigenvalue weighted by Crippen LogP contribution is 2.45. The first-order chi connectivity index (χ1) is 12.8. The summed E-state index contributed by atoms with van der Waals surface area (Å²) in [5, 5.41) is 0.868. The Labute approximate surface area is 153 Å². The van der Waals surface area contributed by atoms with Crippen LogP contribution in [0, 0.1) is 0 Å². The number of H-pyrrole nitrogens is 2. The predicted octanol–water partition coefficient (Wildman–Crippen LogP) is 2.59. The molecule has 0 spiro atoms. The Morgan fingerprint density at radius 3 is 1.48 bits per heavy atom. The Kier molecular flexibility index (Phi) is 3.15. The molecule has 0 bridgehead atoms. The molecule has 0 saturated carbocycles. The Morgan fingerprint density at radius 1 is 0.630 bits per heavy atom. The first-order valence-corrected chi connectivity index (χ1v) is 10.3. The van der Waals surface area contributed by atoms with Crippen LogP contribution in [0.3, 0.4) is 0 Å². The predicted molar refractivity (Wildman–Crippen MR) is 95.8 cm³/mol. The zero-order chi connectivity index (χ0) is 18.8. The smallest absolute Gasteiger partial charge is 0.358 e. The van der Waals surface area contributed by atoms with Crippen LogP contribution in [0.25, 0.3) is 33.2 Å². The monoisotopic (exact) mass is 406 g/mol. The minimum atomic E-state index is -4.94. The van der Waals surface area contributed by atoms with Crippen LogP contribution in [-0.4, -0.2) is 26.8 Å². The van der Waals surface area contributed by atoms with Crippen LogP contribution in [0.2, 0.25) is 0 Å². The number of benzene rings is 2. The summed E-state index contributed by atoms with van der Waals surface area (Å²) in [6.07, 6.45) is 0. The van der Waals surface area contributed by atoms with Gasteiger partial charge in [-0.3, -0.25) is 0 Å². The number of nitrogens with one attached hydrogen (secondary N) is 2. The Bertz CT molecular complexity index is 1320. The summed E-state index contributed by atoms with van der Waals surface area (Å²) in [6, 6.07) is 13.6. The van der Waals surface area contributed by atoms with Crippen molar-refractivity contribution in [2.24, 2.45) is 0 Å². The van der Waals surface area contributed by atoms with Gasteiger partial charge in [-0.1, -0.05) is 27.9 Å². The molecule has 11 heteroatoms. The Balaban J connectivity index is 1.94. The van der Waals surface area contributed by atoms with Crippen molar-refractivity contribution < 1.29 is 28.8 Å². The molecule has 0 fully saturated rings. The quantitative estimate of drug-likeness (QED) is 0.459. The lowest BCUT2D eigenvalue weighted by molar-refractivity contribution is 0.355. The number of aromatic nitrogens is 2. The summed E-state index contributed by atoms with van der Waals surface area (Å²) >= 11 is 0. The third-order valence-electron chi connectivity index (χ3n) is 4.10. The third kappa shape index (κ3) is 2.55. The normalized spacial score (nSPS) is 17.8. The fourth-order valence-corrected chi connectivity index (χ4v) is 4.88. The maximum Gasteiger partial charge on any atom is 0.466 e. The van der Waals surface area contributed by atoms with E-state index in [1.54, 1.807) is 48.5 Å². The average Bonchev–Trinajstić information content (AvgIpc) is 3.12. The van der Waals surface area contributed by atoms with Gasteiger partial charge in [0.2, 0.25) is 0 Å². The summed E-state index contributed by atoms with van der Waals surface area (Å²) in [6.45, 7) is 0. The van der Waals surface area contributed by atoms with E-state index in [1.165, 1.54) is 0 Å². The first kappa shape index (κ1) is 16.2. The molecular weight excluding hydrogens is 396 g/mol. The van der Waals surface area contributed by atoms with Crippen molar-refractivity contribution in [1.82, 2.24) is 9.97 Å². The van der Waals surface area contributed by atoms with Crippen molar-refractivity contribution in [2.75, 3.05) is 0 Å². The van der Waals surface area contributed by atoms with Gasteiger partial charge in [0.1, 0.15) is 11.4 Å². The topological polar surface area (TPSA) is 128 Å². The van der Waals surface area contributed by atoms with Crippen LogP contribution in [0.15, 0.2) is 48.5 Å². The van der Waals surface area contributed by atoms with Gasteiger partial charge in [0, 0.05) is 21.8 Å². The molecule has 27 heavy (non-hydrogen) atoms. The molecule has 138 valence electrons. The summed E-state index contributed by atoms with van der Waals surface area (Å²) in [7, 11) is -9.89. The van der Waals surface area contributed by atoms with E-state index in [4.69, 9.17) is 8.37 Å². The van der Waals surface area contributed by atoms with Crippen molar-refractivity contribution in [1.29, 1.82) is 0 Å². The molecule has 0 saturated heterocycles. The molecule has 0 aliphatic carbocycles. The summed E-state index contributed by atoms with van der Waals surface area (Å²) in [5.74, 6) is -0.196. The van der Waals surface area contributed by atoms with Crippen LogP contribution in [0.4, 0.5) is 0 Å². The van der Waals surface area contributed by atoms with Crippen LogP contribution in [-0.2, 0) is 24.4 Å². The average molecular weight is 406 g/mol. The second-order valence-corrected chi connectivity index (χ2v) is 8.31. The van der Waals surface area contributed by atoms with E-state index in [0.29, 0.717) is 21.8 Å². The van der Waals surface area contributed by atoms with E-state index >= 15 is 0 Å². The van der Waals surface area contributed by atoms with Crippen LogP contribution < -0.4 is 8.37 Å². The number of fused-ring (bicyclic) bond motifs is 7. The van der Waals surface area contributed by atoms with Crippen molar-refractivity contribution in [3.63, 3.8) is 0 Å². The Morgan fingerprint density at radius 2 is 1.04 bits per heavy atom. The minimum absolute atomic E-state index is 0.0980. The first-order valence-electron chi connectivity index (χ1n) is 7.65. The minimum Gasteiger partial charge on any atom is -0.358 e. The standard InChI is InChI=1S/C16H10N2O7S2/c19-26(20)23-15-9-5-1-3-7-11(9)17-13(15)14-16(24-27(21,22)25-26)10-6-2-4-8-12(10)18-14/h1-8,17-18H. The number of hydrogen-bond acceptors (Lipinski definition) is 7. The van der Waals surface area contributed by atoms with Crippen LogP contribution in [0.5, 0.6) is 11.5 Å². The van der Waals surface area contributed by atoms with Gasteiger partial charge < -0.3 is 18.3 Å². The SMILES string of the molecule is O=S1(=O)Oc2c([nH]c3ccccc23)-c2[nH]c3ccccc3c2OS(=O)(=O)O1. The maximum atomic E-state index is 12.1. The zero-order valence-electron chi connectivity index (χ0n) is 13.3. The fourth-order valence-electron chi connectivity index (χ4n) is 3.09. The molecule has 2 N–H and O–H groups in total. The van der Waals surface area contributed by atoms with E-state index in [0.717, 1.165) is 0 Å². The van der Waals surface area contributed by atoms with Gasteiger partial charge in [0.05, 0.1) is 0 Å². The fraction of sp³-hybridized carbons (Fsp3) is 0. The van der Waals surface area contributed by atoms with Crippen molar-refractivity contribution in [3.05, 3.63) is 48.5 Å². The summed E-state index contributed by atoms with van der Waals surface area (Å²) in [4.78, 5) is 6.09. The van der Waals surface area contributed by atoms with Gasteiger partial charge in [-0.15, -0.1) is 0 Å². The highest BCUT2D eigenvalue weighted by Gasteiger charge is 2.35. The van der Waals surface area contributed by atoms with E-state index < -0.39 is 20.8 Å². The molecular formula is C16H10N2O7S2. The second-order valence-electron chi connectivity index (χ2n) is 5.80. The van der Waals surface area contributed by atoms with Gasteiger partial charge >= 0.3 is 20.8 Å². The number of rotatable bonds is 0. The Hall–Kier alpha value is -3.02. The zero-order valence-corrected chi connectivity index (χ0v) is 14.9. The summed E-state index contributed by atoms with van der Waals surface area (Å²) in [5.41, 5.74) is 1.61. The lowest BCUT2D eigenvalue weighted by Gasteiger charge is -2.05. The molecule has 0 atom stereocenters. The second kappa shape index (κ2) is 5.25. The molecule has 9 nitrogen and oxygen atoms in total. The van der Waals surface area contributed by atoms with Gasteiger partial charge in [0.25, 0.3) is 0 Å². The molecule has 5 rings (SSSR count). The van der Waals surface area contributed by atoms with Gasteiger partial charge in [-0.05, 0) is 24.3 Å². The lowest BCUT2D eigenvalue weighted by Crippen LogP contribution is -2.21. The molecule has 1 aliphatic heterocycles. The maximum absolute atomic E-state index is 12.1. The van der Waals surface area contributed by atoms with E-state index in [9.17, 15) is 16.8 Å². The molecule has 0 radical (unpaired) electrons. The van der Waals surface area contributed by atoms with E-state index in [-0.39, 0.29) is 22.9 Å². The molecule has 2 aromatic heterocycles. The highest BCUT2D eigenvalue weighted by molar-refractivity contribution is 7.95.